The van der Waals surface area contributed by atoms with Gasteiger partial charge in [0.1, 0.15) is 16.4 Å². The molecule has 0 unspecified atom stereocenters. The number of aryl methyl sites for hydroxylation is 1. The highest BCUT2D eigenvalue weighted by molar-refractivity contribution is 8.00. The van der Waals surface area contributed by atoms with Crippen molar-refractivity contribution in [2.45, 2.75) is 50.3 Å². The molecule has 0 saturated carbocycles. The molecular formula is C14H26N2O3S2. The summed E-state index contributed by atoms with van der Waals surface area (Å²) in [5.74, 6) is 1.07. The van der Waals surface area contributed by atoms with E-state index in [2.05, 4.69) is 17.0 Å². The van der Waals surface area contributed by atoms with Crippen molar-refractivity contribution in [1.82, 2.24) is 10.0 Å². The van der Waals surface area contributed by atoms with Crippen molar-refractivity contribution in [3.63, 3.8) is 0 Å². The Morgan fingerprint density at radius 1 is 1.38 bits per heavy atom. The van der Waals surface area contributed by atoms with Crippen LogP contribution in [0.4, 0.5) is 0 Å². The zero-order valence-corrected chi connectivity index (χ0v) is 15.1. The zero-order valence-electron chi connectivity index (χ0n) is 13.4. The number of nitrogens with one attached hydrogen (secondary N) is 2. The molecule has 0 aliphatic rings. The molecule has 1 heterocycles. The quantitative estimate of drug-likeness (QED) is 0.679. The molecule has 1 aromatic rings. The zero-order chi connectivity index (χ0) is 16.1. The Morgan fingerprint density at radius 3 is 2.62 bits per heavy atom. The van der Waals surface area contributed by atoms with E-state index in [1.165, 1.54) is 0 Å². The van der Waals surface area contributed by atoms with E-state index in [-0.39, 0.29) is 9.64 Å². The van der Waals surface area contributed by atoms with Crippen molar-refractivity contribution in [3.05, 3.63) is 17.6 Å². The minimum Gasteiger partial charge on any atom is -0.464 e. The Balaban J connectivity index is 2.79. The van der Waals surface area contributed by atoms with E-state index < -0.39 is 10.0 Å². The lowest BCUT2D eigenvalue weighted by atomic mass is 10.2. The highest BCUT2D eigenvalue weighted by atomic mass is 32.2. The molecule has 0 fully saturated rings. The minimum atomic E-state index is -3.53. The molecule has 0 aromatic carbocycles. The van der Waals surface area contributed by atoms with Crippen molar-refractivity contribution in [2.24, 2.45) is 0 Å². The van der Waals surface area contributed by atoms with Gasteiger partial charge in [0, 0.05) is 17.4 Å². The maximum Gasteiger partial charge on any atom is 0.244 e. The Labute approximate surface area is 132 Å². The molecule has 0 amide bonds. The fourth-order valence-corrected chi connectivity index (χ4v) is 3.41. The van der Waals surface area contributed by atoms with Gasteiger partial charge in [-0.25, -0.2) is 13.1 Å². The number of hydrogen-bond acceptors (Lipinski definition) is 5. The molecule has 2 N–H and O–H groups in total. The third-order valence-corrected chi connectivity index (χ3v) is 5.94. The molecule has 5 nitrogen and oxygen atoms in total. The van der Waals surface area contributed by atoms with Crippen LogP contribution in [-0.4, -0.2) is 32.5 Å². The van der Waals surface area contributed by atoms with Crippen LogP contribution in [0, 0.1) is 6.92 Å². The van der Waals surface area contributed by atoms with Gasteiger partial charge in [0.15, 0.2) is 0 Å². The Morgan fingerprint density at radius 2 is 2.05 bits per heavy atom. The maximum atomic E-state index is 12.4. The summed E-state index contributed by atoms with van der Waals surface area (Å²) in [5, 5.41) is 3.20. The SMILES string of the molecule is CCCNCc1cc(S(=O)(=O)NCC(C)(C)SC)c(C)o1. The molecule has 0 spiro atoms. The first kappa shape index (κ1) is 18.5. The molecule has 0 aliphatic heterocycles. The minimum absolute atomic E-state index is 0.143. The van der Waals surface area contributed by atoms with Crippen LogP contribution in [0.25, 0.3) is 0 Å². The van der Waals surface area contributed by atoms with Gasteiger partial charge in [0.05, 0.1) is 6.54 Å². The first-order valence-electron chi connectivity index (χ1n) is 7.06. The number of hydrogen-bond donors (Lipinski definition) is 2. The summed E-state index contributed by atoms with van der Waals surface area (Å²) in [7, 11) is -3.53. The molecule has 21 heavy (non-hydrogen) atoms. The summed E-state index contributed by atoms with van der Waals surface area (Å²) >= 11 is 1.63. The van der Waals surface area contributed by atoms with Gasteiger partial charge < -0.3 is 9.73 Å². The molecule has 0 radical (unpaired) electrons. The second-order valence-electron chi connectivity index (χ2n) is 5.60. The van der Waals surface area contributed by atoms with Crippen LogP contribution in [0.2, 0.25) is 0 Å². The van der Waals surface area contributed by atoms with Gasteiger partial charge in [-0.15, -0.1) is 0 Å². The van der Waals surface area contributed by atoms with Crippen LogP contribution in [0.15, 0.2) is 15.4 Å². The molecule has 0 bridgehead atoms. The van der Waals surface area contributed by atoms with E-state index in [1.54, 1.807) is 24.8 Å². The van der Waals surface area contributed by atoms with Crippen LogP contribution in [0.5, 0.6) is 0 Å². The lowest BCUT2D eigenvalue weighted by Crippen LogP contribution is -2.36. The van der Waals surface area contributed by atoms with E-state index in [0.717, 1.165) is 13.0 Å². The van der Waals surface area contributed by atoms with Gasteiger partial charge in [0.2, 0.25) is 10.0 Å². The van der Waals surface area contributed by atoms with Gasteiger partial charge in [-0.05, 0) is 40.0 Å². The van der Waals surface area contributed by atoms with Crippen LogP contribution in [0.1, 0.15) is 38.7 Å². The Bertz CT molecular complexity index is 551. The van der Waals surface area contributed by atoms with Crippen LogP contribution in [-0.2, 0) is 16.6 Å². The monoisotopic (exact) mass is 334 g/mol. The van der Waals surface area contributed by atoms with Crippen molar-refractivity contribution in [3.8, 4) is 0 Å². The summed E-state index contributed by atoms with van der Waals surface area (Å²) in [6.07, 6.45) is 2.99. The van der Waals surface area contributed by atoms with Gasteiger partial charge in [-0.2, -0.15) is 11.8 Å². The van der Waals surface area contributed by atoms with Crippen LogP contribution < -0.4 is 10.0 Å². The number of furan rings is 1. The summed E-state index contributed by atoms with van der Waals surface area (Å²) in [6.45, 7) is 9.56. The first-order valence-corrected chi connectivity index (χ1v) is 9.77. The summed E-state index contributed by atoms with van der Waals surface area (Å²) in [6, 6.07) is 1.60. The largest absolute Gasteiger partial charge is 0.464 e. The van der Waals surface area contributed by atoms with Crippen molar-refractivity contribution in [1.29, 1.82) is 0 Å². The van der Waals surface area contributed by atoms with E-state index >= 15 is 0 Å². The Kier molecular flexibility index (Phi) is 6.77. The molecule has 1 aromatic heterocycles. The molecule has 0 aliphatic carbocycles. The van der Waals surface area contributed by atoms with E-state index in [0.29, 0.717) is 24.6 Å². The second-order valence-corrected chi connectivity index (χ2v) is 8.85. The predicted octanol–water partition coefficient (Wildman–Crippen LogP) is 2.51. The highest BCUT2D eigenvalue weighted by Gasteiger charge is 2.25. The normalized spacial score (nSPS) is 12.8. The molecule has 0 atom stereocenters. The van der Waals surface area contributed by atoms with E-state index in [4.69, 9.17) is 4.42 Å². The summed E-state index contributed by atoms with van der Waals surface area (Å²) in [5.41, 5.74) is 0. The average Bonchev–Trinajstić information content (AvgIpc) is 2.79. The van der Waals surface area contributed by atoms with Crippen molar-refractivity contribution in [2.75, 3.05) is 19.3 Å². The van der Waals surface area contributed by atoms with Gasteiger partial charge in [-0.3, -0.25) is 0 Å². The second kappa shape index (κ2) is 7.67. The fraction of sp³-hybridized carbons (Fsp3) is 0.714. The smallest absolute Gasteiger partial charge is 0.244 e. The lowest BCUT2D eigenvalue weighted by Gasteiger charge is -2.21. The molecule has 7 heteroatoms. The summed E-state index contributed by atoms with van der Waals surface area (Å²) < 4.78 is 32.8. The lowest BCUT2D eigenvalue weighted by molar-refractivity contribution is 0.457. The molecule has 122 valence electrons. The van der Waals surface area contributed by atoms with Gasteiger partial charge >= 0.3 is 0 Å². The average molecular weight is 335 g/mol. The van der Waals surface area contributed by atoms with Crippen molar-refractivity contribution >= 4 is 21.8 Å². The summed E-state index contributed by atoms with van der Waals surface area (Å²) in [4.78, 5) is 0.229. The first-order chi connectivity index (χ1) is 9.72. The van der Waals surface area contributed by atoms with E-state index in [1.807, 2.05) is 20.1 Å². The fourth-order valence-electron chi connectivity index (χ4n) is 1.69. The Hall–Kier alpha value is -0.500. The van der Waals surface area contributed by atoms with Gasteiger partial charge in [0.25, 0.3) is 0 Å². The van der Waals surface area contributed by atoms with Crippen LogP contribution >= 0.6 is 11.8 Å². The number of thioether (sulfide) groups is 1. The van der Waals surface area contributed by atoms with Crippen LogP contribution in [0.3, 0.4) is 0 Å². The van der Waals surface area contributed by atoms with Gasteiger partial charge in [-0.1, -0.05) is 6.92 Å². The topological polar surface area (TPSA) is 71.3 Å². The third-order valence-electron chi connectivity index (χ3n) is 3.18. The standard InChI is InChI=1S/C14H26N2O3S2/c1-6-7-15-9-12-8-13(11(2)19-12)21(17,18)16-10-14(3,4)20-5/h8,15-16H,6-7,9-10H2,1-5H3. The number of sulfonamides is 1. The molecular weight excluding hydrogens is 308 g/mol. The predicted molar refractivity (Wildman–Crippen MR) is 88.2 cm³/mol. The maximum absolute atomic E-state index is 12.4. The number of rotatable bonds is 9. The van der Waals surface area contributed by atoms with E-state index in [9.17, 15) is 8.42 Å². The van der Waals surface area contributed by atoms with Crippen molar-refractivity contribution < 1.29 is 12.8 Å². The molecule has 0 saturated heterocycles. The highest BCUT2D eigenvalue weighted by Crippen LogP contribution is 2.23. The molecule has 1 rings (SSSR count). The third kappa shape index (κ3) is 5.65.